The van der Waals surface area contributed by atoms with Crippen LogP contribution in [0.4, 0.5) is 4.39 Å². The zero-order valence-electron chi connectivity index (χ0n) is 14.2. The second-order valence-corrected chi connectivity index (χ2v) is 6.54. The van der Waals surface area contributed by atoms with Gasteiger partial charge in [0.1, 0.15) is 5.82 Å². The van der Waals surface area contributed by atoms with Crippen LogP contribution in [0.1, 0.15) is 37.7 Å². The largest absolute Gasteiger partial charge is 0.352 e. The van der Waals surface area contributed by atoms with Crippen LogP contribution in [0.15, 0.2) is 48.7 Å². The zero-order chi connectivity index (χ0) is 17.5. The van der Waals surface area contributed by atoms with Crippen molar-refractivity contribution in [1.82, 2.24) is 10.3 Å². The Labute approximate surface area is 148 Å². The van der Waals surface area contributed by atoms with Crippen molar-refractivity contribution in [2.75, 3.05) is 6.54 Å². The Bertz CT molecular complexity index is 734. The summed E-state index contributed by atoms with van der Waals surface area (Å²) in [5.41, 5.74) is 1.87. The van der Waals surface area contributed by atoms with Crippen molar-refractivity contribution < 1.29 is 9.18 Å². The molecule has 0 saturated heterocycles. The average Bonchev–Trinajstić information content (AvgIpc) is 2.66. The van der Waals surface area contributed by atoms with Gasteiger partial charge >= 0.3 is 0 Å². The number of amides is 1. The number of hydrogen-bond donors (Lipinski definition) is 1. The third-order valence-corrected chi connectivity index (χ3v) is 4.65. The maximum Gasteiger partial charge on any atom is 0.244 e. The van der Waals surface area contributed by atoms with Crippen molar-refractivity contribution in [1.29, 1.82) is 0 Å². The SMILES string of the molecule is O=C(/C=C/c1ccc(-c2ccccc2F)nc1)NCC1CCCCC1. The minimum Gasteiger partial charge on any atom is -0.352 e. The van der Waals surface area contributed by atoms with Gasteiger partial charge in [-0.1, -0.05) is 37.5 Å². The summed E-state index contributed by atoms with van der Waals surface area (Å²) in [6, 6.07) is 10.2. The van der Waals surface area contributed by atoms with Crippen molar-refractivity contribution >= 4 is 12.0 Å². The number of carbonyl (C=O) groups excluding carboxylic acids is 1. The summed E-state index contributed by atoms with van der Waals surface area (Å²) in [6.07, 6.45) is 11.2. The van der Waals surface area contributed by atoms with E-state index in [1.807, 2.05) is 6.07 Å². The van der Waals surface area contributed by atoms with Crippen molar-refractivity contribution in [3.63, 3.8) is 0 Å². The molecule has 3 rings (SSSR count). The molecule has 4 heteroatoms. The van der Waals surface area contributed by atoms with Gasteiger partial charge in [-0.05, 0) is 48.6 Å². The fourth-order valence-electron chi connectivity index (χ4n) is 3.20. The highest BCUT2D eigenvalue weighted by Crippen LogP contribution is 2.23. The van der Waals surface area contributed by atoms with Gasteiger partial charge in [-0.2, -0.15) is 0 Å². The van der Waals surface area contributed by atoms with Gasteiger partial charge in [0.25, 0.3) is 0 Å². The number of halogens is 1. The predicted octanol–water partition coefficient (Wildman–Crippen LogP) is 4.60. The standard InChI is InChI=1S/C21H23FN2O/c22-19-9-5-4-8-18(19)20-12-10-17(14-23-20)11-13-21(25)24-15-16-6-2-1-3-7-16/h4-5,8-14,16H,1-3,6-7,15H2,(H,24,25)/b13-11+. The van der Waals surface area contributed by atoms with Gasteiger partial charge in [-0.3, -0.25) is 9.78 Å². The first-order chi connectivity index (χ1) is 12.2. The summed E-state index contributed by atoms with van der Waals surface area (Å²) in [5.74, 6) is 0.247. The second kappa shape index (κ2) is 8.56. The van der Waals surface area contributed by atoms with Crippen LogP contribution >= 0.6 is 0 Å². The number of aromatic nitrogens is 1. The molecule has 1 saturated carbocycles. The van der Waals surface area contributed by atoms with Crippen LogP contribution in [0.5, 0.6) is 0 Å². The number of nitrogens with one attached hydrogen (secondary N) is 1. The van der Waals surface area contributed by atoms with E-state index in [1.54, 1.807) is 36.5 Å². The minimum absolute atomic E-state index is 0.0799. The Morgan fingerprint density at radius 3 is 2.68 bits per heavy atom. The summed E-state index contributed by atoms with van der Waals surface area (Å²) in [5, 5.41) is 2.97. The van der Waals surface area contributed by atoms with Crippen LogP contribution < -0.4 is 5.32 Å². The van der Waals surface area contributed by atoms with E-state index in [4.69, 9.17) is 0 Å². The monoisotopic (exact) mass is 338 g/mol. The van der Waals surface area contributed by atoms with Crippen LogP contribution in [-0.2, 0) is 4.79 Å². The number of benzene rings is 1. The van der Waals surface area contributed by atoms with E-state index in [0.717, 1.165) is 12.1 Å². The topological polar surface area (TPSA) is 42.0 Å². The molecule has 0 unspecified atom stereocenters. The molecule has 0 spiro atoms. The van der Waals surface area contributed by atoms with Crippen LogP contribution in [0.25, 0.3) is 17.3 Å². The lowest BCUT2D eigenvalue weighted by Gasteiger charge is -2.21. The first-order valence-corrected chi connectivity index (χ1v) is 8.89. The highest BCUT2D eigenvalue weighted by molar-refractivity contribution is 5.91. The van der Waals surface area contributed by atoms with Crippen molar-refractivity contribution in [2.24, 2.45) is 5.92 Å². The minimum atomic E-state index is -0.291. The zero-order valence-corrected chi connectivity index (χ0v) is 14.2. The van der Waals surface area contributed by atoms with E-state index in [0.29, 0.717) is 17.2 Å². The molecular formula is C21H23FN2O. The van der Waals surface area contributed by atoms with Gasteiger partial charge < -0.3 is 5.32 Å². The average molecular weight is 338 g/mol. The van der Waals surface area contributed by atoms with E-state index in [2.05, 4.69) is 10.3 Å². The summed E-state index contributed by atoms with van der Waals surface area (Å²) in [4.78, 5) is 16.2. The number of pyridine rings is 1. The first kappa shape index (κ1) is 17.3. The molecule has 25 heavy (non-hydrogen) atoms. The number of carbonyl (C=O) groups is 1. The summed E-state index contributed by atoms with van der Waals surface area (Å²) < 4.78 is 13.8. The van der Waals surface area contributed by atoms with Crippen LogP contribution in [-0.4, -0.2) is 17.4 Å². The molecule has 3 nitrogen and oxygen atoms in total. The molecule has 1 N–H and O–H groups in total. The molecule has 1 aliphatic carbocycles. The highest BCUT2D eigenvalue weighted by atomic mass is 19.1. The van der Waals surface area contributed by atoms with Gasteiger partial charge in [0.2, 0.25) is 5.91 Å². The number of nitrogens with zero attached hydrogens (tertiary/aromatic N) is 1. The molecule has 130 valence electrons. The van der Waals surface area contributed by atoms with Gasteiger partial charge in [0, 0.05) is 24.4 Å². The molecule has 1 aromatic heterocycles. The van der Waals surface area contributed by atoms with Crippen molar-refractivity contribution in [3.05, 3.63) is 60.1 Å². The van der Waals surface area contributed by atoms with E-state index in [1.165, 1.54) is 44.2 Å². The normalized spacial score (nSPS) is 15.4. The molecule has 2 aromatic rings. The Morgan fingerprint density at radius 1 is 1.16 bits per heavy atom. The molecular weight excluding hydrogens is 315 g/mol. The molecule has 1 heterocycles. The van der Waals surface area contributed by atoms with Gasteiger partial charge in [0.15, 0.2) is 0 Å². The lowest BCUT2D eigenvalue weighted by Crippen LogP contribution is -2.28. The smallest absolute Gasteiger partial charge is 0.244 e. The van der Waals surface area contributed by atoms with E-state index in [9.17, 15) is 9.18 Å². The maximum absolute atomic E-state index is 13.8. The van der Waals surface area contributed by atoms with Crippen molar-refractivity contribution in [3.8, 4) is 11.3 Å². The Kier molecular flexibility index (Phi) is 5.94. The molecule has 1 fully saturated rings. The van der Waals surface area contributed by atoms with E-state index >= 15 is 0 Å². The molecule has 0 bridgehead atoms. The van der Waals surface area contributed by atoms with Gasteiger partial charge in [-0.25, -0.2) is 4.39 Å². The van der Waals surface area contributed by atoms with Crippen LogP contribution in [0.3, 0.4) is 0 Å². The predicted molar refractivity (Wildman–Crippen MR) is 98.2 cm³/mol. The Morgan fingerprint density at radius 2 is 1.96 bits per heavy atom. The van der Waals surface area contributed by atoms with Crippen LogP contribution in [0.2, 0.25) is 0 Å². The molecule has 1 aliphatic rings. The second-order valence-electron chi connectivity index (χ2n) is 6.54. The Hall–Kier alpha value is -2.49. The summed E-state index contributed by atoms with van der Waals surface area (Å²) in [7, 11) is 0. The van der Waals surface area contributed by atoms with Gasteiger partial charge in [0.05, 0.1) is 5.69 Å². The lowest BCUT2D eigenvalue weighted by atomic mass is 9.89. The highest BCUT2D eigenvalue weighted by Gasteiger charge is 2.13. The van der Waals surface area contributed by atoms with E-state index in [-0.39, 0.29) is 11.7 Å². The first-order valence-electron chi connectivity index (χ1n) is 8.89. The van der Waals surface area contributed by atoms with Crippen LogP contribution in [0, 0.1) is 11.7 Å². The van der Waals surface area contributed by atoms with Gasteiger partial charge in [-0.15, -0.1) is 0 Å². The summed E-state index contributed by atoms with van der Waals surface area (Å²) >= 11 is 0. The molecule has 0 atom stereocenters. The third-order valence-electron chi connectivity index (χ3n) is 4.65. The third kappa shape index (κ3) is 4.99. The molecule has 0 aliphatic heterocycles. The lowest BCUT2D eigenvalue weighted by molar-refractivity contribution is -0.116. The number of rotatable bonds is 5. The quantitative estimate of drug-likeness (QED) is 0.810. The molecule has 1 aromatic carbocycles. The fraction of sp³-hybridized carbons (Fsp3) is 0.333. The fourth-order valence-corrected chi connectivity index (χ4v) is 3.20. The van der Waals surface area contributed by atoms with Crippen molar-refractivity contribution in [2.45, 2.75) is 32.1 Å². The Balaban J connectivity index is 1.54. The number of hydrogen-bond acceptors (Lipinski definition) is 2. The summed E-state index contributed by atoms with van der Waals surface area (Å²) in [6.45, 7) is 0.758. The molecule has 1 amide bonds. The molecule has 0 radical (unpaired) electrons. The maximum atomic E-state index is 13.8. The van der Waals surface area contributed by atoms with E-state index < -0.39 is 0 Å².